The minimum absolute atomic E-state index is 0.122. The van der Waals surface area contributed by atoms with Gasteiger partial charge < -0.3 is 49.2 Å². The fourth-order valence-corrected chi connectivity index (χ4v) is 8.43. The quantitative estimate of drug-likeness (QED) is 0.0876. The highest BCUT2D eigenvalue weighted by molar-refractivity contribution is 5.92. The number of fused-ring (bicyclic) bond motifs is 5. The number of hydrogen-bond acceptors (Lipinski definition) is 9. The lowest BCUT2D eigenvalue weighted by Gasteiger charge is -2.30. The number of hydrogen-bond donors (Lipinski definition) is 4. The lowest BCUT2D eigenvalue weighted by Crippen LogP contribution is -2.51. The first-order valence-corrected chi connectivity index (χ1v) is 21.2. The number of carbonyl (C=O) groups excluding carboxylic acids is 4. The molecule has 7 rings (SSSR count). The highest BCUT2D eigenvalue weighted by Gasteiger charge is 2.38. The highest BCUT2D eigenvalue weighted by Crippen LogP contribution is 2.45. The number of nitrogens with one attached hydrogen (secondary N) is 4. The number of likely N-dealkylation sites (tertiary alicyclic amines) is 1. The molecule has 324 valence electrons. The lowest BCUT2D eigenvalue weighted by atomic mass is 10.0. The summed E-state index contributed by atoms with van der Waals surface area (Å²) in [6.45, 7) is 13.0. The predicted molar refractivity (Wildman–Crippen MR) is 230 cm³/mol. The molecule has 0 aliphatic carbocycles. The molecule has 4 unspecified atom stereocenters. The molecule has 0 radical (unpaired) electrons. The SMILES string of the molecule is CCCN(Cc1ncc(-c2ccc3c(c2)cc2n3C(CC)Oc3cc(-c4cnc(C5CCCN5C(=O)C(NC(=O)OC)C(C)C)[nH]4)ccc3-2)[nH]1)C(=O)C(NC(=O)OC)C(C)C. The third-order valence-electron chi connectivity index (χ3n) is 11.6. The first-order chi connectivity index (χ1) is 29.3. The number of nitrogens with zero attached hydrogens (tertiary/aromatic N) is 5. The van der Waals surface area contributed by atoms with E-state index in [4.69, 9.17) is 19.2 Å². The van der Waals surface area contributed by atoms with Gasteiger partial charge >= 0.3 is 12.2 Å². The van der Waals surface area contributed by atoms with Crippen LogP contribution < -0.4 is 15.4 Å². The maximum absolute atomic E-state index is 13.7. The summed E-state index contributed by atoms with van der Waals surface area (Å²) < 4.78 is 18.5. The maximum Gasteiger partial charge on any atom is 0.407 e. The van der Waals surface area contributed by atoms with E-state index in [2.05, 4.69) is 73.5 Å². The van der Waals surface area contributed by atoms with Crippen molar-refractivity contribution < 1.29 is 33.4 Å². The van der Waals surface area contributed by atoms with Crippen LogP contribution in [-0.2, 0) is 25.6 Å². The Morgan fingerprint density at radius 2 is 1.56 bits per heavy atom. The van der Waals surface area contributed by atoms with E-state index in [-0.39, 0.29) is 42.5 Å². The van der Waals surface area contributed by atoms with Gasteiger partial charge in [0.05, 0.1) is 61.8 Å². The van der Waals surface area contributed by atoms with Crippen LogP contribution in [0.2, 0.25) is 0 Å². The number of methoxy groups -OCH3 is 2. The normalized spacial score (nSPS) is 16.8. The van der Waals surface area contributed by atoms with Gasteiger partial charge in [-0.25, -0.2) is 19.6 Å². The zero-order valence-electron chi connectivity index (χ0n) is 36.2. The number of ether oxygens (including phenoxy) is 3. The lowest BCUT2D eigenvalue weighted by molar-refractivity contribution is -0.136. The van der Waals surface area contributed by atoms with Gasteiger partial charge in [0, 0.05) is 41.6 Å². The van der Waals surface area contributed by atoms with E-state index in [1.807, 2.05) is 40.7 Å². The Morgan fingerprint density at radius 3 is 2.25 bits per heavy atom. The predicted octanol–water partition coefficient (Wildman–Crippen LogP) is 7.55. The average Bonchev–Trinajstić information content (AvgIpc) is 4.09. The molecule has 0 saturated carbocycles. The highest BCUT2D eigenvalue weighted by atomic mass is 16.5. The van der Waals surface area contributed by atoms with Crippen LogP contribution in [0.1, 0.15) is 91.1 Å². The second kappa shape index (κ2) is 18.1. The van der Waals surface area contributed by atoms with Crippen molar-refractivity contribution in [1.29, 1.82) is 0 Å². The van der Waals surface area contributed by atoms with Gasteiger partial charge in [0.1, 0.15) is 29.5 Å². The van der Waals surface area contributed by atoms with Gasteiger partial charge in [-0.1, -0.05) is 53.7 Å². The van der Waals surface area contributed by atoms with E-state index < -0.39 is 24.3 Å². The van der Waals surface area contributed by atoms with Crippen molar-refractivity contribution in [3.8, 4) is 39.5 Å². The molecule has 4 atom stereocenters. The van der Waals surface area contributed by atoms with Crippen molar-refractivity contribution in [3.63, 3.8) is 0 Å². The molecule has 1 fully saturated rings. The number of aromatic amines is 2. The smallest absolute Gasteiger partial charge is 0.407 e. The minimum Gasteiger partial charge on any atom is -0.469 e. The second-order valence-electron chi connectivity index (χ2n) is 16.5. The van der Waals surface area contributed by atoms with Gasteiger partial charge in [0.25, 0.3) is 0 Å². The van der Waals surface area contributed by atoms with Crippen molar-refractivity contribution in [2.45, 2.75) is 98.1 Å². The molecule has 4 amide bonds. The molecule has 1 saturated heterocycles. The second-order valence-corrected chi connectivity index (χ2v) is 16.5. The molecule has 4 N–H and O–H groups in total. The molecule has 3 aromatic heterocycles. The summed E-state index contributed by atoms with van der Waals surface area (Å²) in [7, 11) is 2.57. The van der Waals surface area contributed by atoms with Gasteiger partial charge in [0.2, 0.25) is 11.8 Å². The zero-order valence-corrected chi connectivity index (χ0v) is 36.2. The monoisotopic (exact) mass is 835 g/mol. The van der Waals surface area contributed by atoms with Crippen LogP contribution in [0.3, 0.4) is 0 Å². The Bertz CT molecular complexity index is 2400. The van der Waals surface area contributed by atoms with Gasteiger partial charge in [-0.05, 0) is 61.4 Å². The molecule has 2 aliphatic heterocycles. The number of rotatable bonds is 14. The summed E-state index contributed by atoms with van der Waals surface area (Å²) in [5.74, 6) is 1.52. The summed E-state index contributed by atoms with van der Waals surface area (Å²) in [6.07, 6.45) is 5.17. The van der Waals surface area contributed by atoms with E-state index >= 15 is 0 Å². The van der Waals surface area contributed by atoms with Crippen molar-refractivity contribution >= 4 is 34.9 Å². The van der Waals surface area contributed by atoms with E-state index in [1.165, 1.54) is 14.2 Å². The molecule has 5 heterocycles. The fourth-order valence-electron chi connectivity index (χ4n) is 8.43. The Balaban J connectivity index is 1.11. The topological polar surface area (TPSA) is 189 Å². The first-order valence-electron chi connectivity index (χ1n) is 21.2. The average molecular weight is 836 g/mol. The van der Waals surface area contributed by atoms with E-state index in [1.54, 1.807) is 22.2 Å². The molecule has 16 heteroatoms. The summed E-state index contributed by atoms with van der Waals surface area (Å²) in [5, 5.41) is 6.45. The molecule has 0 spiro atoms. The van der Waals surface area contributed by atoms with Crippen LogP contribution in [0, 0.1) is 11.8 Å². The molecule has 16 nitrogen and oxygen atoms in total. The van der Waals surface area contributed by atoms with Crippen molar-refractivity contribution in [2.24, 2.45) is 11.8 Å². The number of benzene rings is 2. The minimum atomic E-state index is -0.725. The molecule has 0 bridgehead atoms. The van der Waals surface area contributed by atoms with Crippen molar-refractivity contribution in [2.75, 3.05) is 27.3 Å². The Hall–Kier alpha value is -6.32. The van der Waals surface area contributed by atoms with Crippen LogP contribution in [0.15, 0.2) is 54.9 Å². The Kier molecular flexibility index (Phi) is 12.7. The van der Waals surface area contributed by atoms with Gasteiger partial charge in [-0.3, -0.25) is 9.59 Å². The molecule has 5 aromatic rings. The number of aromatic nitrogens is 5. The van der Waals surface area contributed by atoms with E-state index in [9.17, 15) is 19.2 Å². The molecule has 61 heavy (non-hydrogen) atoms. The largest absolute Gasteiger partial charge is 0.469 e. The van der Waals surface area contributed by atoms with Crippen LogP contribution >= 0.6 is 0 Å². The van der Waals surface area contributed by atoms with Gasteiger partial charge in [-0.15, -0.1) is 0 Å². The molecule has 2 aromatic carbocycles. The van der Waals surface area contributed by atoms with Crippen LogP contribution in [0.25, 0.3) is 44.7 Å². The number of H-pyrrole nitrogens is 2. The van der Waals surface area contributed by atoms with Crippen molar-refractivity contribution in [1.82, 2.24) is 44.9 Å². The number of imidazole rings is 2. The molecular formula is C45H57N9O7. The number of alkyl carbamates (subject to hydrolysis) is 2. The summed E-state index contributed by atoms with van der Waals surface area (Å²) in [6, 6.07) is 13.0. The van der Waals surface area contributed by atoms with Crippen molar-refractivity contribution in [3.05, 3.63) is 66.5 Å². The van der Waals surface area contributed by atoms with Crippen LogP contribution in [0.5, 0.6) is 5.75 Å². The first kappa shape index (κ1) is 42.8. The number of carbonyl (C=O) groups is 4. The summed E-state index contributed by atoms with van der Waals surface area (Å²) in [5.41, 5.74) is 6.59. The standard InChI is InChI=1S/C45H57N9O7/c1-9-17-52(42(55)39(25(3)4)50-44(57)59-7)24-37-46-22-31(48-37)27-14-16-33-29(19-27)20-35-30-15-13-28(21-36(30)61-38(10-2)54(33)35)32-23-47-41(49-32)34-12-11-18-53(34)43(56)40(26(5)6)51-45(58)60-8/h13-16,19-23,25-26,34,38-40H,9-12,17-18,24H2,1-8H3,(H,46,48)(H,47,49)(H,50,57)(H,51,58). The van der Waals surface area contributed by atoms with E-state index in [0.29, 0.717) is 24.7 Å². The van der Waals surface area contributed by atoms with Gasteiger partial charge in [0.15, 0.2) is 6.23 Å². The third-order valence-corrected chi connectivity index (χ3v) is 11.6. The maximum atomic E-state index is 13.7. The summed E-state index contributed by atoms with van der Waals surface area (Å²) in [4.78, 5) is 71.2. The Morgan fingerprint density at radius 1 is 0.885 bits per heavy atom. The number of amides is 4. The zero-order chi connectivity index (χ0) is 43.5. The Labute approximate surface area is 355 Å². The van der Waals surface area contributed by atoms with Crippen LogP contribution in [0.4, 0.5) is 9.59 Å². The molecular weight excluding hydrogens is 779 g/mol. The fraction of sp³-hybridized carbons (Fsp3) is 0.467. The summed E-state index contributed by atoms with van der Waals surface area (Å²) >= 11 is 0. The third kappa shape index (κ3) is 8.66. The molecule has 2 aliphatic rings. The van der Waals surface area contributed by atoms with Crippen LogP contribution in [-0.4, -0.2) is 97.7 Å². The van der Waals surface area contributed by atoms with Gasteiger partial charge in [-0.2, -0.15) is 0 Å². The van der Waals surface area contributed by atoms with E-state index in [0.717, 1.165) is 76.1 Å².